The number of carboxylic acid groups (broad SMARTS) is 2. The number of fused-ring (bicyclic) bond motifs is 2. The molecule has 7 heteroatoms. The van der Waals surface area contributed by atoms with Crippen molar-refractivity contribution in [3.05, 3.63) is 39.9 Å². The van der Waals surface area contributed by atoms with Gasteiger partial charge in [0.25, 0.3) is 0 Å². The number of hydrogen-bond acceptors (Lipinski definition) is 4. The summed E-state index contributed by atoms with van der Waals surface area (Å²) in [5.41, 5.74) is 2.26. The van der Waals surface area contributed by atoms with Crippen LogP contribution in [0.5, 0.6) is 0 Å². The van der Waals surface area contributed by atoms with Crippen LogP contribution < -0.4 is 0 Å². The smallest absolute Gasteiger partial charge is 0.352 e. The van der Waals surface area contributed by atoms with E-state index < -0.39 is 18.0 Å². The largest absolute Gasteiger partial charge is 0.482 e. The molecule has 1 atom stereocenters. The highest BCUT2D eigenvalue weighted by Gasteiger charge is 2.41. The molecule has 0 fully saturated rings. The zero-order valence-corrected chi connectivity index (χ0v) is 14.0. The molecule has 1 unspecified atom stereocenters. The van der Waals surface area contributed by atoms with E-state index in [-0.39, 0.29) is 23.5 Å². The lowest BCUT2D eigenvalue weighted by molar-refractivity contribution is -0.133. The highest BCUT2D eigenvalue weighted by Crippen LogP contribution is 2.42. The molecular weight excluding hydrogens is 326 g/mol. The highest BCUT2D eigenvalue weighted by molar-refractivity contribution is 6.11. The SMILES string of the molecule is CCCC1=C2CC(C(=O)O)=C(CC)OC2C(=O)c2cc(C(=O)O)[nH]c21. The third kappa shape index (κ3) is 2.65. The first-order valence-electron chi connectivity index (χ1n) is 8.23. The molecule has 1 aliphatic heterocycles. The maximum absolute atomic E-state index is 12.8. The molecule has 0 spiro atoms. The van der Waals surface area contributed by atoms with Crippen molar-refractivity contribution in [2.45, 2.75) is 45.6 Å². The summed E-state index contributed by atoms with van der Waals surface area (Å²) in [5, 5.41) is 18.7. The zero-order valence-electron chi connectivity index (χ0n) is 14.0. The van der Waals surface area contributed by atoms with Crippen LogP contribution in [0.15, 0.2) is 23.0 Å². The average Bonchev–Trinajstić information content (AvgIpc) is 3.03. The van der Waals surface area contributed by atoms with Crippen LogP contribution in [0.25, 0.3) is 5.57 Å². The Morgan fingerprint density at radius 1 is 1.28 bits per heavy atom. The molecule has 2 heterocycles. The molecule has 7 nitrogen and oxygen atoms in total. The normalized spacial score (nSPS) is 19.4. The number of H-pyrrole nitrogens is 1. The molecule has 0 bridgehead atoms. The fourth-order valence-electron chi connectivity index (χ4n) is 3.47. The predicted molar refractivity (Wildman–Crippen MR) is 88.4 cm³/mol. The van der Waals surface area contributed by atoms with Crippen molar-refractivity contribution < 1.29 is 29.3 Å². The fraction of sp³-hybridized carbons (Fsp3) is 0.389. The van der Waals surface area contributed by atoms with Gasteiger partial charge in [-0.3, -0.25) is 4.79 Å². The van der Waals surface area contributed by atoms with Crippen LogP contribution in [-0.4, -0.2) is 39.0 Å². The minimum Gasteiger partial charge on any atom is -0.482 e. The van der Waals surface area contributed by atoms with Gasteiger partial charge in [-0.25, -0.2) is 9.59 Å². The number of aromatic nitrogens is 1. The second kappa shape index (κ2) is 6.23. The lowest BCUT2D eigenvalue weighted by atomic mass is 9.80. The molecule has 0 radical (unpaired) electrons. The molecule has 3 N–H and O–H groups in total. The van der Waals surface area contributed by atoms with E-state index in [0.717, 1.165) is 12.0 Å². The van der Waals surface area contributed by atoms with Crippen molar-refractivity contribution in [3.8, 4) is 0 Å². The molecule has 132 valence electrons. The highest BCUT2D eigenvalue weighted by atomic mass is 16.5. The maximum Gasteiger partial charge on any atom is 0.352 e. The van der Waals surface area contributed by atoms with Gasteiger partial charge in [0, 0.05) is 18.4 Å². The minimum absolute atomic E-state index is 0.0617. The Hall–Kier alpha value is -2.83. The molecule has 0 aromatic carbocycles. The van der Waals surface area contributed by atoms with Crippen LogP contribution in [0.2, 0.25) is 0 Å². The van der Waals surface area contributed by atoms with Crippen LogP contribution in [0.4, 0.5) is 0 Å². The summed E-state index contributed by atoms with van der Waals surface area (Å²) in [6.07, 6.45) is 1.01. The van der Waals surface area contributed by atoms with Gasteiger partial charge in [0.05, 0.1) is 11.3 Å². The number of carboxylic acids is 2. The summed E-state index contributed by atoms with van der Waals surface area (Å²) in [6, 6.07) is 1.33. The third-order valence-corrected chi connectivity index (χ3v) is 4.60. The summed E-state index contributed by atoms with van der Waals surface area (Å²) in [4.78, 5) is 38.5. The Morgan fingerprint density at radius 3 is 2.56 bits per heavy atom. The first kappa shape index (κ1) is 17.0. The van der Waals surface area contributed by atoms with Gasteiger partial charge in [-0.2, -0.15) is 0 Å². The number of ether oxygens (including phenoxy) is 1. The fourth-order valence-corrected chi connectivity index (χ4v) is 3.47. The van der Waals surface area contributed by atoms with Gasteiger partial charge in [0.2, 0.25) is 5.78 Å². The lowest BCUT2D eigenvalue weighted by Crippen LogP contribution is -2.35. The molecule has 1 aromatic rings. The number of carbonyl (C=O) groups excluding carboxylic acids is 1. The molecule has 25 heavy (non-hydrogen) atoms. The second-order valence-electron chi connectivity index (χ2n) is 6.13. The van der Waals surface area contributed by atoms with Crippen LogP contribution in [0.3, 0.4) is 0 Å². The number of hydrogen-bond donors (Lipinski definition) is 3. The number of aliphatic carboxylic acids is 1. The van der Waals surface area contributed by atoms with E-state index in [1.54, 1.807) is 6.92 Å². The standard InChI is InChI=1S/C18H19NO6/c1-3-5-8-9-6-10(17(21)22)13(4-2)25-16(9)15(20)11-7-12(18(23)24)19-14(8)11/h7,16,19H,3-6H2,1-2H3,(H,21,22)(H,23,24). The van der Waals surface area contributed by atoms with Crippen LogP contribution in [0, 0.1) is 0 Å². The maximum atomic E-state index is 12.8. The van der Waals surface area contributed by atoms with Gasteiger partial charge in [-0.15, -0.1) is 0 Å². The quantitative estimate of drug-likeness (QED) is 0.755. The molecule has 1 aromatic heterocycles. The van der Waals surface area contributed by atoms with Crippen LogP contribution >= 0.6 is 0 Å². The molecule has 3 rings (SSSR count). The number of carbonyl (C=O) groups is 3. The number of aromatic amines is 1. The van der Waals surface area contributed by atoms with E-state index in [1.807, 2.05) is 6.92 Å². The van der Waals surface area contributed by atoms with Crippen molar-refractivity contribution in [1.82, 2.24) is 4.98 Å². The van der Waals surface area contributed by atoms with Crippen molar-refractivity contribution in [2.75, 3.05) is 0 Å². The Kier molecular flexibility index (Phi) is 4.24. The van der Waals surface area contributed by atoms with Crippen molar-refractivity contribution >= 4 is 23.3 Å². The van der Waals surface area contributed by atoms with Gasteiger partial charge in [0.15, 0.2) is 6.10 Å². The Morgan fingerprint density at radius 2 is 2.00 bits per heavy atom. The molecule has 2 aliphatic rings. The second-order valence-corrected chi connectivity index (χ2v) is 6.13. The Bertz CT molecular complexity index is 842. The summed E-state index contributed by atoms with van der Waals surface area (Å²) in [6.45, 7) is 3.74. The summed E-state index contributed by atoms with van der Waals surface area (Å²) in [7, 11) is 0. The van der Waals surface area contributed by atoms with E-state index in [9.17, 15) is 24.6 Å². The van der Waals surface area contributed by atoms with E-state index in [0.29, 0.717) is 35.4 Å². The van der Waals surface area contributed by atoms with Gasteiger partial charge in [0.1, 0.15) is 11.5 Å². The number of Topliss-reactive ketones (excluding diaryl/α,β-unsaturated/α-hetero) is 1. The third-order valence-electron chi connectivity index (χ3n) is 4.60. The first-order valence-corrected chi connectivity index (χ1v) is 8.23. The molecule has 1 aliphatic carbocycles. The Labute approximate surface area is 144 Å². The molecule has 0 saturated heterocycles. The molecule has 0 amide bonds. The van der Waals surface area contributed by atoms with E-state index in [4.69, 9.17) is 4.74 Å². The minimum atomic E-state index is -1.15. The molecule has 0 saturated carbocycles. The summed E-state index contributed by atoms with van der Waals surface area (Å²) < 4.78 is 5.76. The van der Waals surface area contributed by atoms with Crippen LogP contribution in [0.1, 0.15) is 66.1 Å². The van der Waals surface area contributed by atoms with E-state index in [1.165, 1.54) is 6.07 Å². The van der Waals surface area contributed by atoms with E-state index in [2.05, 4.69) is 4.98 Å². The summed E-state index contributed by atoms with van der Waals surface area (Å²) >= 11 is 0. The van der Waals surface area contributed by atoms with Gasteiger partial charge in [-0.05, 0) is 23.6 Å². The van der Waals surface area contributed by atoms with Crippen LogP contribution in [-0.2, 0) is 9.53 Å². The number of aromatic carboxylic acids is 1. The van der Waals surface area contributed by atoms with Crippen molar-refractivity contribution in [3.63, 3.8) is 0 Å². The number of ketones is 1. The van der Waals surface area contributed by atoms with Crippen molar-refractivity contribution in [2.24, 2.45) is 0 Å². The number of allylic oxidation sites excluding steroid dienone is 2. The number of nitrogens with one attached hydrogen (secondary N) is 1. The van der Waals surface area contributed by atoms with Gasteiger partial charge < -0.3 is 19.9 Å². The first-order chi connectivity index (χ1) is 11.9. The predicted octanol–water partition coefficient (Wildman–Crippen LogP) is 3.00. The van der Waals surface area contributed by atoms with Gasteiger partial charge >= 0.3 is 11.9 Å². The number of rotatable bonds is 5. The van der Waals surface area contributed by atoms with Gasteiger partial charge in [-0.1, -0.05) is 20.3 Å². The average molecular weight is 345 g/mol. The van der Waals surface area contributed by atoms with E-state index >= 15 is 0 Å². The molecular formula is C18H19NO6. The zero-order chi connectivity index (χ0) is 18.3. The monoisotopic (exact) mass is 345 g/mol. The summed E-state index contributed by atoms with van der Waals surface area (Å²) in [5.74, 6) is -2.23. The van der Waals surface area contributed by atoms with Crippen molar-refractivity contribution in [1.29, 1.82) is 0 Å². The Balaban J connectivity index is 2.19. The topological polar surface area (TPSA) is 117 Å². The lowest BCUT2D eigenvalue weighted by Gasteiger charge is -2.33.